The number of aryl methyl sites for hydroxylation is 1. The Hall–Kier alpha value is -0.530. The molecular weight excluding hydrogens is 206 g/mol. The number of hydrogen-bond acceptors (Lipinski definition) is 1. The van der Waals surface area contributed by atoms with Crippen molar-refractivity contribution in [2.24, 2.45) is 5.92 Å². The van der Waals surface area contributed by atoms with E-state index in [1.54, 1.807) is 0 Å². The van der Waals surface area contributed by atoms with Crippen LogP contribution in [0.2, 0.25) is 5.02 Å². The van der Waals surface area contributed by atoms with Crippen LogP contribution in [0, 0.1) is 19.8 Å². The molecule has 1 atom stereocenters. The Morgan fingerprint density at radius 2 is 2.20 bits per heavy atom. The van der Waals surface area contributed by atoms with Crippen LogP contribution in [0.4, 0.5) is 0 Å². The zero-order valence-corrected chi connectivity index (χ0v) is 10.2. The molecule has 1 aromatic carbocycles. The van der Waals surface area contributed by atoms with Gasteiger partial charge in [-0.1, -0.05) is 23.7 Å². The van der Waals surface area contributed by atoms with Gasteiger partial charge in [-0.25, -0.2) is 0 Å². The first-order valence-electron chi connectivity index (χ1n) is 5.64. The number of nitrogens with one attached hydrogen (secondary N) is 1. The fourth-order valence-corrected chi connectivity index (χ4v) is 2.47. The summed E-state index contributed by atoms with van der Waals surface area (Å²) in [7, 11) is 0. The van der Waals surface area contributed by atoms with Crippen molar-refractivity contribution in [3.63, 3.8) is 0 Å². The summed E-state index contributed by atoms with van der Waals surface area (Å²) in [5.41, 5.74) is 3.87. The van der Waals surface area contributed by atoms with Crippen molar-refractivity contribution < 1.29 is 0 Å². The van der Waals surface area contributed by atoms with Crippen molar-refractivity contribution in [2.45, 2.75) is 26.7 Å². The second-order valence-electron chi connectivity index (χ2n) is 4.54. The molecule has 15 heavy (non-hydrogen) atoms. The quantitative estimate of drug-likeness (QED) is 0.813. The fraction of sp³-hybridized carbons (Fsp3) is 0.538. The average Bonchev–Trinajstić information content (AvgIpc) is 2.72. The van der Waals surface area contributed by atoms with E-state index in [1.807, 2.05) is 0 Å². The molecule has 0 amide bonds. The van der Waals surface area contributed by atoms with Crippen LogP contribution in [0.3, 0.4) is 0 Å². The van der Waals surface area contributed by atoms with Gasteiger partial charge in [0, 0.05) is 5.02 Å². The molecule has 1 aromatic rings. The summed E-state index contributed by atoms with van der Waals surface area (Å²) < 4.78 is 0. The predicted molar refractivity (Wildman–Crippen MR) is 65.6 cm³/mol. The highest BCUT2D eigenvalue weighted by Gasteiger charge is 2.16. The van der Waals surface area contributed by atoms with E-state index in [2.05, 4.69) is 31.3 Å². The third kappa shape index (κ3) is 2.35. The van der Waals surface area contributed by atoms with E-state index >= 15 is 0 Å². The Balaban J connectivity index is 2.17. The van der Waals surface area contributed by atoms with Crippen LogP contribution in [-0.2, 0) is 6.42 Å². The Labute approximate surface area is 96.8 Å². The second-order valence-corrected chi connectivity index (χ2v) is 4.92. The highest BCUT2D eigenvalue weighted by molar-refractivity contribution is 6.32. The maximum atomic E-state index is 6.25. The van der Waals surface area contributed by atoms with Crippen molar-refractivity contribution in [1.82, 2.24) is 5.32 Å². The smallest absolute Gasteiger partial charge is 0.0467 e. The van der Waals surface area contributed by atoms with Gasteiger partial charge in [0.25, 0.3) is 0 Å². The number of halogens is 1. The molecule has 1 aliphatic rings. The summed E-state index contributed by atoms with van der Waals surface area (Å²) in [5, 5.41) is 4.35. The van der Waals surface area contributed by atoms with Crippen molar-refractivity contribution in [3.8, 4) is 0 Å². The van der Waals surface area contributed by atoms with Gasteiger partial charge in [0.1, 0.15) is 0 Å². The SMILES string of the molecule is Cc1ccc(CC2CCNC2)c(C)c1Cl. The van der Waals surface area contributed by atoms with Gasteiger partial charge in [0.2, 0.25) is 0 Å². The number of benzene rings is 1. The van der Waals surface area contributed by atoms with Gasteiger partial charge in [0.05, 0.1) is 0 Å². The van der Waals surface area contributed by atoms with Crippen molar-refractivity contribution in [1.29, 1.82) is 0 Å². The minimum absolute atomic E-state index is 0.794. The van der Waals surface area contributed by atoms with Gasteiger partial charge in [-0.15, -0.1) is 0 Å². The Morgan fingerprint density at radius 3 is 2.87 bits per heavy atom. The third-order valence-corrected chi connectivity index (χ3v) is 3.94. The van der Waals surface area contributed by atoms with Crippen LogP contribution in [-0.4, -0.2) is 13.1 Å². The minimum Gasteiger partial charge on any atom is -0.316 e. The topological polar surface area (TPSA) is 12.0 Å². The summed E-state index contributed by atoms with van der Waals surface area (Å²) in [6.45, 7) is 6.53. The van der Waals surface area contributed by atoms with Crippen LogP contribution in [0.25, 0.3) is 0 Å². The largest absolute Gasteiger partial charge is 0.316 e. The van der Waals surface area contributed by atoms with Gasteiger partial charge in [0.15, 0.2) is 0 Å². The molecule has 1 N–H and O–H groups in total. The van der Waals surface area contributed by atoms with E-state index in [9.17, 15) is 0 Å². The normalized spacial score (nSPS) is 20.9. The standard InChI is InChI=1S/C13H18ClN/c1-9-3-4-12(10(2)13(9)14)7-11-5-6-15-8-11/h3-4,11,15H,5-8H2,1-2H3. The molecule has 0 bridgehead atoms. The highest BCUT2D eigenvalue weighted by atomic mass is 35.5. The molecule has 1 saturated heterocycles. The number of rotatable bonds is 2. The molecule has 0 saturated carbocycles. The van der Waals surface area contributed by atoms with Gasteiger partial charge in [-0.3, -0.25) is 0 Å². The van der Waals surface area contributed by atoms with E-state index in [0.717, 1.165) is 17.5 Å². The third-order valence-electron chi connectivity index (χ3n) is 3.36. The molecule has 2 rings (SSSR count). The predicted octanol–water partition coefficient (Wildman–Crippen LogP) is 3.11. The van der Waals surface area contributed by atoms with Crippen LogP contribution < -0.4 is 5.32 Å². The van der Waals surface area contributed by atoms with Crippen molar-refractivity contribution in [2.75, 3.05) is 13.1 Å². The van der Waals surface area contributed by atoms with Crippen LogP contribution in [0.15, 0.2) is 12.1 Å². The van der Waals surface area contributed by atoms with Crippen LogP contribution >= 0.6 is 11.6 Å². The molecule has 1 aliphatic heterocycles. The molecule has 0 aromatic heterocycles. The Morgan fingerprint density at radius 1 is 1.40 bits per heavy atom. The number of hydrogen-bond donors (Lipinski definition) is 1. The molecule has 2 heteroatoms. The lowest BCUT2D eigenvalue weighted by atomic mass is 9.94. The van der Waals surface area contributed by atoms with Crippen molar-refractivity contribution in [3.05, 3.63) is 33.8 Å². The first kappa shape index (κ1) is 11.0. The molecule has 1 heterocycles. The molecule has 0 aliphatic carbocycles. The lowest BCUT2D eigenvalue weighted by Crippen LogP contribution is -2.11. The maximum absolute atomic E-state index is 6.25. The van der Waals surface area contributed by atoms with E-state index in [0.29, 0.717) is 0 Å². The highest BCUT2D eigenvalue weighted by Crippen LogP contribution is 2.26. The zero-order valence-electron chi connectivity index (χ0n) is 9.44. The van der Waals surface area contributed by atoms with E-state index < -0.39 is 0 Å². The van der Waals surface area contributed by atoms with Crippen LogP contribution in [0.5, 0.6) is 0 Å². The summed E-state index contributed by atoms with van der Waals surface area (Å²) in [6.07, 6.45) is 2.46. The average molecular weight is 224 g/mol. The Bertz CT molecular complexity index is 354. The zero-order chi connectivity index (χ0) is 10.8. The molecule has 0 radical (unpaired) electrons. The summed E-state index contributed by atoms with van der Waals surface area (Å²) >= 11 is 6.25. The van der Waals surface area contributed by atoms with Gasteiger partial charge >= 0.3 is 0 Å². The lowest BCUT2D eigenvalue weighted by molar-refractivity contribution is 0.578. The van der Waals surface area contributed by atoms with E-state index in [4.69, 9.17) is 11.6 Å². The summed E-state index contributed by atoms with van der Waals surface area (Å²) in [6, 6.07) is 4.36. The Kier molecular flexibility index (Phi) is 3.32. The molecule has 1 nitrogen and oxygen atoms in total. The van der Waals surface area contributed by atoms with E-state index in [-0.39, 0.29) is 0 Å². The van der Waals surface area contributed by atoms with Gasteiger partial charge in [-0.2, -0.15) is 0 Å². The minimum atomic E-state index is 0.794. The fourth-order valence-electron chi connectivity index (χ4n) is 2.28. The molecular formula is C13H18ClN. The molecule has 1 fully saturated rings. The first-order chi connectivity index (χ1) is 7.18. The lowest BCUT2D eigenvalue weighted by Gasteiger charge is -2.13. The second kappa shape index (κ2) is 4.54. The summed E-state index contributed by atoms with van der Waals surface area (Å²) in [5.74, 6) is 0.794. The molecule has 0 spiro atoms. The molecule has 1 unspecified atom stereocenters. The summed E-state index contributed by atoms with van der Waals surface area (Å²) in [4.78, 5) is 0. The monoisotopic (exact) mass is 223 g/mol. The van der Waals surface area contributed by atoms with E-state index in [1.165, 1.54) is 36.1 Å². The van der Waals surface area contributed by atoms with Gasteiger partial charge < -0.3 is 5.32 Å². The van der Waals surface area contributed by atoms with Crippen LogP contribution in [0.1, 0.15) is 23.1 Å². The molecule has 82 valence electrons. The van der Waals surface area contributed by atoms with Crippen molar-refractivity contribution >= 4 is 11.6 Å². The van der Waals surface area contributed by atoms with Gasteiger partial charge in [-0.05, 0) is 62.4 Å². The first-order valence-corrected chi connectivity index (χ1v) is 6.01. The maximum Gasteiger partial charge on any atom is 0.0467 e.